The summed E-state index contributed by atoms with van der Waals surface area (Å²) in [5.41, 5.74) is 1.02. The Balaban J connectivity index is 2.38. The highest BCUT2D eigenvalue weighted by atomic mass is 32.2. The second-order valence-electron chi connectivity index (χ2n) is 4.52. The molecule has 0 unspecified atom stereocenters. The molecule has 0 aromatic heterocycles. The summed E-state index contributed by atoms with van der Waals surface area (Å²) in [6.45, 7) is 1.37. The van der Waals surface area contributed by atoms with Crippen LogP contribution in [-0.2, 0) is 14.8 Å². The van der Waals surface area contributed by atoms with Gasteiger partial charge in [-0.15, -0.1) is 0 Å². The van der Waals surface area contributed by atoms with Gasteiger partial charge >= 0.3 is 0 Å². The highest BCUT2D eigenvalue weighted by molar-refractivity contribution is 7.92. The number of hydrogen-bond donors (Lipinski definition) is 1. The second kappa shape index (κ2) is 5.97. The number of amides is 1. The van der Waals surface area contributed by atoms with Crippen molar-refractivity contribution in [3.05, 3.63) is 54.6 Å². The molecule has 0 saturated heterocycles. The largest absolute Gasteiger partial charge is 0.326 e. The van der Waals surface area contributed by atoms with Crippen LogP contribution in [0.15, 0.2) is 59.5 Å². The number of anilines is 2. The molecule has 0 aliphatic rings. The van der Waals surface area contributed by atoms with Crippen molar-refractivity contribution in [2.75, 3.05) is 16.7 Å². The normalized spacial score (nSPS) is 11.0. The minimum Gasteiger partial charge on any atom is -0.326 e. The van der Waals surface area contributed by atoms with E-state index in [4.69, 9.17) is 0 Å². The summed E-state index contributed by atoms with van der Waals surface area (Å²) < 4.78 is 26.4. The summed E-state index contributed by atoms with van der Waals surface area (Å²) in [6.07, 6.45) is 0. The quantitative estimate of drug-likeness (QED) is 0.943. The van der Waals surface area contributed by atoms with Gasteiger partial charge in [0.25, 0.3) is 10.0 Å². The first-order valence-corrected chi connectivity index (χ1v) is 7.77. The van der Waals surface area contributed by atoms with Crippen LogP contribution in [0.5, 0.6) is 0 Å². The van der Waals surface area contributed by atoms with Crippen molar-refractivity contribution in [3.8, 4) is 0 Å². The predicted octanol–water partition coefficient (Wildman–Crippen LogP) is 2.47. The van der Waals surface area contributed by atoms with Crippen molar-refractivity contribution < 1.29 is 13.2 Å². The highest BCUT2D eigenvalue weighted by Crippen LogP contribution is 2.23. The predicted molar refractivity (Wildman–Crippen MR) is 82.8 cm³/mol. The third-order valence-electron chi connectivity index (χ3n) is 2.93. The van der Waals surface area contributed by atoms with Crippen LogP contribution >= 0.6 is 0 Å². The van der Waals surface area contributed by atoms with E-state index in [0.717, 1.165) is 0 Å². The minimum absolute atomic E-state index is 0.125. The van der Waals surface area contributed by atoms with E-state index >= 15 is 0 Å². The van der Waals surface area contributed by atoms with Gasteiger partial charge in [0.2, 0.25) is 5.91 Å². The number of hydrogen-bond acceptors (Lipinski definition) is 3. The Morgan fingerprint density at radius 2 is 1.71 bits per heavy atom. The number of benzene rings is 2. The number of rotatable bonds is 4. The molecule has 0 bridgehead atoms. The number of nitrogens with one attached hydrogen (secondary N) is 1. The van der Waals surface area contributed by atoms with Crippen LogP contribution in [0.2, 0.25) is 0 Å². The molecule has 0 spiro atoms. The van der Waals surface area contributed by atoms with E-state index in [1.165, 1.54) is 30.4 Å². The van der Waals surface area contributed by atoms with Crippen LogP contribution < -0.4 is 9.62 Å². The molecular weight excluding hydrogens is 288 g/mol. The molecule has 0 heterocycles. The summed E-state index contributed by atoms with van der Waals surface area (Å²) in [4.78, 5) is 11.2. The molecule has 2 aromatic carbocycles. The molecule has 2 aromatic rings. The van der Waals surface area contributed by atoms with Crippen molar-refractivity contribution >= 4 is 27.3 Å². The van der Waals surface area contributed by atoms with Crippen LogP contribution in [0.3, 0.4) is 0 Å². The van der Waals surface area contributed by atoms with Gasteiger partial charge in [0.05, 0.1) is 10.6 Å². The third-order valence-corrected chi connectivity index (χ3v) is 4.71. The van der Waals surface area contributed by atoms with Gasteiger partial charge in [-0.05, 0) is 30.3 Å². The van der Waals surface area contributed by atoms with E-state index in [0.29, 0.717) is 11.4 Å². The van der Waals surface area contributed by atoms with Crippen molar-refractivity contribution in [3.63, 3.8) is 0 Å². The summed E-state index contributed by atoms with van der Waals surface area (Å²) >= 11 is 0. The fourth-order valence-electron chi connectivity index (χ4n) is 1.87. The Morgan fingerprint density at radius 3 is 2.33 bits per heavy atom. The van der Waals surface area contributed by atoms with Crippen molar-refractivity contribution in [2.24, 2.45) is 0 Å². The lowest BCUT2D eigenvalue weighted by Crippen LogP contribution is -2.26. The first-order chi connectivity index (χ1) is 9.91. The van der Waals surface area contributed by atoms with E-state index in [1.807, 2.05) is 6.07 Å². The molecule has 21 heavy (non-hydrogen) atoms. The zero-order valence-electron chi connectivity index (χ0n) is 11.8. The molecule has 2 rings (SSSR count). The van der Waals surface area contributed by atoms with Gasteiger partial charge in [-0.2, -0.15) is 0 Å². The Labute approximate surface area is 124 Å². The lowest BCUT2D eigenvalue weighted by molar-refractivity contribution is -0.114. The van der Waals surface area contributed by atoms with Gasteiger partial charge < -0.3 is 5.32 Å². The Kier molecular flexibility index (Phi) is 4.28. The summed E-state index contributed by atoms with van der Waals surface area (Å²) in [6, 6.07) is 15.0. The van der Waals surface area contributed by atoms with Gasteiger partial charge in [0.15, 0.2) is 0 Å². The van der Waals surface area contributed by atoms with Crippen molar-refractivity contribution in [2.45, 2.75) is 11.8 Å². The van der Waals surface area contributed by atoms with E-state index in [2.05, 4.69) is 5.32 Å². The molecule has 5 nitrogen and oxygen atoms in total. The van der Waals surface area contributed by atoms with Crippen LogP contribution in [-0.4, -0.2) is 21.4 Å². The van der Waals surface area contributed by atoms with E-state index in [-0.39, 0.29) is 10.8 Å². The molecule has 0 atom stereocenters. The average Bonchev–Trinajstić information content (AvgIpc) is 2.47. The fourth-order valence-corrected chi connectivity index (χ4v) is 3.11. The number of carbonyl (C=O) groups is 1. The van der Waals surface area contributed by atoms with Crippen LogP contribution in [0.4, 0.5) is 11.4 Å². The van der Waals surface area contributed by atoms with Crippen molar-refractivity contribution in [1.29, 1.82) is 0 Å². The number of carbonyl (C=O) groups excluding carboxylic acids is 1. The first-order valence-electron chi connectivity index (χ1n) is 6.33. The van der Waals surface area contributed by atoms with E-state index < -0.39 is 10.0 Å². The average molecular weight is 304 g/mol. The topological polar surface area (TPSA) is 66.5 Å². The summed E-state index contributed by atoms with van der Waals surface area (Å²) in [5, 5.41) is 2.57. The van der Waals surface area contributed by atoms with Crippen molar-refractivity contribution in [1.82, 2.24) is 0 Å². The molecule has 110 valence electrons. The fraction of sp³-hybridized carbons (Fsp3) is 0.133. The van der Waals surface area contributed by atoms with Crippen LogP contribution in [0, 0.1) is 0 Å². The molecular formula is C15H16N2O3S. The van der Waals surface area contributed by atoms with Crippen LogP contribution in [0.1, 0.15) is 6.92 Å². The lowest BCUT2D eigenvalue weighted by atomic mass is 10.3. The Hall–Kier alpha value is -2.34. The SMILES string of the molecule is CC(=O)Nc1cccc(S(=O)(=O)N(C)c2ccccc2)c1. The zero-order valence-corrected chi connectivity index (χ0v) is 12.6. The highest BCUT2D eigenvalue weighted by Gasteiger charge is 2.21. The molecule has 0 aliphatic heterocycles. The molecule has 0 aliphatic carbocycles. The van der Waals surface area contributed by atoms with Crippen LogP contribution in [0.25, 0.3) is 0 Å². The summed E-state index contributed by atoms with van der Waals surface area (Å²) in [5.74, 6) is -0.249. The number of para-hydroxylation sites is 1. The first kappa shape index (κ1) is 15.1. The minimum atomic E-state index is -3.67. The Morgan fingerprint density at radius 1 is 1.05 bits per heavy atom. The smallest absolute Gasteiger partial charge is 0.264 e. The Bertz CT molecular complexity index is 743. The van der Waals surface area contributed by atoms with Gasteiger partial charge in [-0.1, -0.05) is 24.3 Å². The number of nitrogens with zero attached hydrogens (tertiary/aromatic N) is 1. The molecule has 1 amide bonds. The molecule has 0 fully saturated rings. The maximum atomic E-state index is 12.6. The van der Waals surface area contributed by atoms with E-state index in [1.54, 1.807) is 36.4 Å². The van der Waals surface area contributed by atoms with Gasteiger partial charge in [-0.25, -0.2) is 8.42 Å². The molecule has 0 saturated carbocycles. The third kappa shape index (κ3) is 3.41. The zero-order chi connectivity index (χ0) is 15.5. The summed E-state index contributed by atoms with van der Waals surface area (Å²) in [7, 11) is -2.17. The maximum Gasteiger partial charge on any atom is 0.264 e. The maximum absolute atomic E-state index is 12.6. The molecule has 0 radical (unpaired) electrons. The lowest BCUT2D eigenvalue weighted by Gasteiger charge is -2.19. The van der Waals surface area contributed by atoms with Gasteiger partial charge in [-0.3, -0.25) is 9.10 Å². The monoisotopic (exact) mass is 304 g/mol. The van der Waals surface area contributed by atoms with Gasteiger partial charge in [0.1, 0.15) is 0 Å². The standard InChI is InChI=1S/C15H16N2O3S/c1-12(18)16-13-7-6-10-15(11-13)21(19,20)17(2)14-8-4-3-5-9-14/h3-11H,1-2H3,(H,16,18). The molecule has 1 N–H and O–H groups in total. The second-order valence-corrected chi connectivity index (χ2v) is 6.49. The number of sulfonamides is 1. The van der Waals surface area contributed by atoms with E-state index in [9.17, 15) is 13.2 Å². The molecule has 6 heteroatoms. The van der Waals surface area contributed by atoms with Gasteiger partial charge in [0, 0.05) is 19.7 Å².